The van der Waals surface area contributed by atoms with Gasteiger partial charge in [-0.25, -0.2) is 0 Å². The Morgan fingerprint density at radius 3 is 1.60 bits per heavy atom. The monoisotopic (exact) mass is 547 g/mol. The summed E-state index contributed by atoms with van der Waals surface area (Å²) >= 11 is 0. The first-order chi connectivity index (χ1) is 21.3. The van der Waals surface area contributed by atoms with Crippen molar-refractivity contribution in [3.8, 4) is 22.3 Å². The maximum absolute atomic E-state index is 2.41. The van der Waals surface area contributed by atoms with Crippen LogP contribution in [0.15, 0.2) is 176 Å². The van der Waals surface area contributed by atoms with Crippen molar-refractivity contribution in [2.75, 3.05) is 4.90 Å². The number of hydrogen-bond acceptors (Lipinski definition) is 1. The molecular weight excluding hydrogens is 518 g/mol. The molecule has 0 aliphatic heterocycles. The Kier molecular flexibility index (Phi) is 6.20. The van der Waals surface area contributed by atoms with E-state index in [0.29, 0.717) is 0 Å². The van der Waals surface area contributed by atoms with Crippen molar-refractivity contribution in [2.45, 2.75) is 0 Å². The maximum atomic E-state index is 2.41. The Labute approximate surface area is 251 Å². The van der Waals surface area contributed by atoms with E-state index in [0.717, 1.165) is 11.4 Å². The van der Waals surface area contributed by atoms with Crippen LogP contribution in [0.25, 0.3) is 54.6 Å². The standard InChI is InChI=1S/C42H29N/c1-3-12-30(13-4-1)33-16-11-17-34(28-33)31-22-25-37(26-23-31)43(36-18-5-2-6-19-36)41-29-35-15-8-9-20-38(35)40-27-24-32-14-7-10-21-39(32)42(40)41/h1-29H. The van der Waals surface area contributed by atoms with Gasteiger partial charge < -0.3 is 4.90 Å². The Morgan fingerprint density at radius 1 is 0.302 bits per heavy atom. The van der Waals surface area contributed by atoms with Crippen LogP contribution in [0.4, 0.5) is 17.1 Å². The highest BCUT2D eigenvalue weighted by Crippen LogP contribution is 2.44. The van der Waals surface area contributed by atoms with E-state index in [-0.39, 0.29) is 0 Å². The van der Waals surface area contributed by atoms with E-state index in [9.17, 15) is 0 Å². The molecule has 8 aromatic carbocycles. The summed E-state index contributed by atoms with van der Waals surface area (Å²) in [4.78, 5) is 2.41. The van der Waals surface area contributed by atoms with Gasteiger partial charge in [0.2, 0.25) is 0 Å². The first-order valence-corrected chi connectivity index (χ1v) is 14.8. The Bertz CT molecular complexity index is 2220. The topological polar surface area (TPSA) is 3.24 Å². The lowest BCUT2D eigenvalue weighted by molar-refractivity contribution is 1.30. The van der Waals surface area contributed by atoms with Crippen molar-refractivity contribution in [1.82, 2.24) is 0 Å². The van der Waals surface area contributed by atoms with E-state index >= 15 is 0 Å². The Hall–Kier alpha value is -5.66. The fraction of sp³-hybridized carbons (Fsp3) is 0. The van der Waals surface area contributed by atoms with Gasteiger partial charge in [0.05, 0.1) is 5.69 Å². The smallest absolute Gasteiger partial charge is 0.0552 e. The Morgan fingerprint density at radius 2 is 0.860 bits per heavy atom. The molecule has 0 bridgehead atoms. The van der Waals surface area contributed by atoms with E-state index in [1.807, 2.05) is 0 Å². The first kappa shape index (κ1) is 25.1. The summed E-state index contributed by atoms with van der Waals surface area (Å²) in [5.41, 5.74) is 8.29. The average Bonchev–Trinajstić information content (AvgIpc) is 3.09. The number of rotatable bonds is 5. The fourth-order valence-corrected chi connectivity index (χ4v) is 6.35. The van der Waals surface area contributed by atoms with Crippen LogP contribution in [-0.4, -0.2) is 0 Å². The van der Waals surface area contributed by atoms with Gasteiger partial charge in [-0.2, -0.15) is 0 Å². The summed E-state index contributed by atoms with van der Waals surface area (Å²) in [6.45, 7) is 0. The van der Waals surface area contributed by atoms with Gasteiger partial charge in [-0.3, -0.25) is 0 Å². The number of hydrogen-bond donors (Lipinski definition) is 0. The molecule has 43 heavy (non-hydrogen) atoms. The van der Waals surface area contributed by atoms with E-state index in [2.05, 4.69) is 181 Å². The second-order valence-corrected chi connectivity index (χ2v) is 11.0. The molecule has 0 saturated heterocycles. The molecule has 1 nitrogen and oxygen atoms in total. The van der Waals surface area contributed by atoms with E-state index < -0.39 is 0 Å². The highest BCUT2D eigenvalue weighted by molar-refractivity contribution is 6.23. The van der Waals surface area contributed by atoms with Gasteiger partial charge in [0.15, 0.2) is 0 Å². The van der Waals surface area contributed by atoms with Gasteiger partial charge in [0.1, 0.15) is 0 Å². The summed E-state index contributed by atoms with van der Waals surface area (Å²) in [7, 11) is 0. The molecular formula is C42H29N. The predicted molar refractivity (Wildman–Crippen MR) is 185 cm³/mol. The molecule has 0 fully saturated rings. The SMILES string of the molecule is c1ccc(-c2cccc(-c3ccc(N(c4ccccc4)c4cc5ccccc5c5ccc6ccccc6c45)cc3)c2)cc1. The van der Waals surface area contributed by atoms with Crippen LogP contribution in [0.2, 0.25) is 0 Å². The van der Waals surface area contributed by atoms with Crippen molar-refractivity contribution in [1.29, 1.82) is 0 Å². The van der Waals surface area contributed by atoms with Crippen LogP contribution in [0, 0.1) is 0 Å². The quantitative estimate of drug-likeness (QED) is 0.194. The minimum Gasteiger partial charge on any atom is -0.310 e. The van der Waals surface area contributed by atoms with Gasteiger partial charge in [-0.05, 0) is 85.6 Å². The molecule has 1 heteroatoms. The predicted octanol–water partition coefficient (Wildman–Crippen LogP) is 11.9. The van der Waals surface area contributed by atoms with Crippen molar-refractivity contribution >= 4 is 49.4 Å². The van der Waals surface area contributed by atoms with Gasteiger partial charge in [0.25, 0.3) is 0 Å². The third-order valence-electron chi connectivity index (χ3n) is 8.41. The molecule has 0 aliphatic carbocycles. The molecule has 0 N–H and O–H groups in total. The minimum atomic E-state index is 1.12. The molecule has 0 aliphatic rings. The second kappa shape index (κ2) is 10.6. The largest absolute Gasteiger partial charge is 0.310 e. The average molecular weight is 548 g/mol. The van der Waals surface area contributed by atoms with E-state index in [1.165, 1.54) is 60.3 Å². The summed E-state index contributed by atoms with van der Waals surface area (Å²) in [6, 6.07) is 63.4. The fourth-order valence-electron chi connectivity index (χ4n) is 6.35. The zero-order valence-corrected chi connectivity index (χ0v) is 23.7. The number of para-hydroxylation sites is 1. The molecule has 8 rings (SSSR count). The normalized spacial score (nSPS) is 11.3. The molecule has 0 heterocycles. The minimum absolute atomic E-state index is 1.12. The number of nitrogens with zero attached hydrogens (tertiary/aromatic N) is 1. The van der Waals surface area contributed by atoms with Crippen molar-refractivity contribution < 1.29 is 0 Å². The second-order valence-electron chi connectivity index (χ2n) is 11.0. The molecule has 0 atom stereocenters. The zero-order valence-electron chi connectivity index (χ0n) is 23.7. The van der Waals surface area contributed by atoms with Gasteiger partial charge in [-0.1, -0.05) is 140 Å². The number of anilines is 3. The lowest BCUT2D eigenvalue weighted by atomic mass is 9.94. The molecule has 0 amide bonds. The van der Waals surface area contributed by atoms with Crippen LogP contribution < -0.4 is 4.90 Å². The third-order valence-corrected chi connectivity index (χ3v) is 8.41. The van der Waals surface area contributed by atoms with Crippen LogP contribution >= 0.6 is 0 Å². The van der Waals surface area contributed by atoms with E-state index in [4.69, 9.17) is 0 Å². The summed E-state index contributed by atoms with van der Waals surface area (Å²) in [5.74, 6) is 0. The number of benzene rings is 8. The summed E-state index contributed by atoms with van der Waals surface area (Å²) < 4.78 is 0. The highest BCUT2D eigenvalue weighted by Gasteiger charge is 2.19. The maximum Gasteiger partial charge on any atom is 0.0552 e. The Balaban J connectivity index is 1.32. The van der Waals surface area contributed by atoms with Crippen LogP contribution in [-0.2, 0) is 0 Å². The summed E-state index contributed by atoms with van der Waals surface area (Å²) in [5, 5.41) is 7.54. The van der Waals surface area contributed by atoms with Crippen molar-refractivity contribution in [3.63, 3.8) is 0 Å². The van der Waals surface area contributed by atoms with E-state index in [1.54, 1.807) is 0 Å². The first-order valence-electron chi connectivity index (χ1n) is 14.8. The van der Waals surface area contributed by atoms with Gasteiger partial charge in [-0.15, -0.1) is 0 Å². The third kappa shape index (κ3) is 4.52. The molecule has 0 spiro atoms. The molecule has 0 unspecified atom stereocenters. The zero-order chi connectivity index (χ0) is 28.6. The van der Waals surface area contributed by atoms with Crippen LogP contribution in [0.5, 0.6) is 0 Å². The van der Waals surface area contributed by atoms with Crippen LogP contribution in [0.1, 0.15) is 0 Å². The van der Waals surface area contributed by atoms with Gasteiger partial charge >= 0.3 is 0 Å². The van der Waals surface area contributed by atoms with Crippen LogP contribution in [0.3, 0.4) is 0 Å². The molecule has 0 radical (unpaired) electrons. The number of fused-ring (bicyclic) bond motifs is 5. The lowest BCUT2D eigenvalue weighted by Crippen LogP contribution is -2.10. The molecule has 202 valence electrons. The molecule has 8 aromatic rings. The highest BCUT2D eigenvalue weighted by atomic mass is 15.1. The van der Waals surface area contributed by atoms with Crippen molar-refractivity contribution in [3.05, 3.63) is 176 Å². The van der Waals surface area contributed by atoms with Gasteiger partial charge in [0, 0.05) is 16.8 Å². The molecule has 0 saturated carbocycles. The lowest BCUT2D eigenvalue weighted by Gasteiger charge is -2.28. The molecule has 0 aromatic heterocycles. The summed E-state index contributed by atoms with van der Waals surface area (Å²) in [6.07, 6.45) is 0. The van der Waals surface area contributed by atoms with Crippen molar-refractivity contribution in [2.24, 2.45) is 0 Å².